The molecule has 1 spiro atoms. The van der Waals surface area contributed by atoms with E-state index in [4.69, 9.17) is 9.26 Å². The Morgan fingerprint density at radius 3 is 2.40 bits per heavy atom. The quantitative estimate of drug-likeness (QED) is 0.0602. The first-order valence-electron chi connectivity index (χ1n) is 23.7. The number of halogens is 4. The monoisotopic (exact) mass is 981 g/mol. The minimum Gasteiger partial charge on any atom is -0.465 e. The number of benzene rings is 3. The summed E-state index contributed by atoms with van der Waals surface area (Å²) in [5.74, 6) is -3.69. The summed E-state index contributed by atoms with van der Waals surface area (Å²) in [6.45, 7) is 4.11. The first-order valence-corrected chi connectivity index (χ1v) is 26.2. The minimum atomic E-state index is -4.52. The van der Waals surface area contributed by atoms with Gasteiger partial charge in [0.2, 0.25) is 17.7 Å². The number of hydrogen-bond donors (Lipinski definition) is 2. The highest BCUT2D eigenvalue weighted by Crippen LogP contribution is 2.58. The van der Waals surface area contributed by atoms with E-state index < -0.39 is 56.0 Å². The second-order valence-electron chi connectivity index (χ2n) is 18.9. The summed E-state index contributed by atoms with van der Waals surface area (Å²) in [5, 5.41) is 6.01. The van der Waals surface area contributed by atoms with Gasteiger partial charge in [0.15, 0.2) is 0 Å². The van der Waals surface area contributed by atoms with Crippen LogP contribution in [0.25, 0.3) is 10.1 Å². The molecule has 0 bridgehead atoms. The first-order chi connectivity index (χ1) is 32.5. The Labute approximate surface area is 398 Å². The van der Waals surface area contributed by atoms with Crippen LogP contribution in [-0.2, 0) is 23.7 Å². The molecule has 1 aromatic heterocycles. The van der Waals surface area contributed by atoms with Crippen LogP contribution in [0.5, 0.6) is 5.75 Å². The number of amides is 3. The molecule has 0 radical (unpaired) electrons. The molecule has 2 N–H and O–H groups in total. The van der Waals surface area contributed by atoms with Gasteiger partial charge in [-0.3, -0.25) is 23.7 Å². The van der Waals surface area contributed by atoms with Gasteiger partial charge < -0.3 is 29.3 Å². The number of rotatable bonds is 17. The number of carbonyl (C=O) groups is 4. The molecule has 1 aliphatic carbocycles. The number of likely N-dealkylation sites (tertiary alicyclic amines) is 1. The number of hydrogen-bond acceptors (Lipinski definition) is 9. The SMILES string of the molecule is CCCOC(=O)[C@H](C)N[P@@](=O)(Oc1ccccc1)[C@@H](F)c1ccc2sc(C(=O)N[C@H]3CC[C@H](N(C)CCCC(F)(F)F)C[C@H]4CC[C@@H](C(=O)N5C[C@H](c6ccccc6)CC56CC6)N4C3=O)cc2c1. The molecule has 3 aromatic carbocycles. The maximum Gasteiger partial charge on any atom is 0.389 e. The highest BCUT2D eigenvalue weighted by Gasteiger charge is 2.58. The number of thiophene rings is 1. The molecule has 3 amide bonds. The molecule has 12 nitrogen and oxygen atoms in total. The molecule has 18 heteroatoms. The van der Waals surface area contributed by atoms with Crippen LogP contribution in [0.3, 0.4) is 0 Å². The van der Waals surface area contributed by atoms with Crippen molar-refractivity contribution in [3.63, 3.8) is 0 Å². The summed E-state index contributed by atoms with van der Waals surface area (Å²) in [6.07, 6.45) is 0.0292. The van der Waals surface area contributed by atoms with E-state index >= 15 is 4.39 Å². The van der Waals surface area contributed by atoms with E-state index in [0.717, 1.165) is 30.6 Å². The lowest BCUT2D eigenvalue weighted by molar-refractivity contribution is -0.148. The van der Waals surface area contributed by atoms with Crippen LogP contribution in [-0.4, -0.2) is 107 Å². The van der Waals surface area contributed by atoms with Crippen molar-refractivity contribution >= 4 is 52.6 Å². The molecule has 1 saturated carbocycles. The fourth-order valence-corrected chi connectivity index (χ4v) is 13.2. The number of para-hydroxylation sites is 1. The summed E-state index contributed by atoms with van der Waals surface area (Å²) in [7, 11) is -2.72. The van der Waals surface area contributed by atoms with E-state index in [2.05, 4.69) is 22.5 Å². The number of fused-ring (bicyclic) bond motifs is 2. The normalized spacial score (nSPS) is 24.2. The lowest BCUT2D eigenvalue weighted by Gasteiger charge is -2.41. The van der Waals surface area contributed by atoms with Crippen molar-refractivity contribution in [1.29, 1.82) is 0 Å². The van der Waals surface area contributed by atoms with Crippen molar-refractivity contribution in [2.75, 3.05) is 26.7 Å². The summed E-state index contributed by atoms with van der Waals surface area (Å²) in [4.78, 5) is 62.4. The van der Waals surface area contributed by atoms with E-state index in [0.29, 0.717) is 48.7 Å². The number of alkyl halides is 4. The zero-order valence-electron chi connectivity index (χ0n) is 38.6. The topological polar surface area (TPSA) is 138 Å². The van der Waals surface area contributed by atoms with Crippen LogP contribution >= 0.6 is 18.9 Å². The molecular formula is C50H60F4N5O7PS. The van der Waals surface area contributed by atoms with Crippen molar-refractivity contribution in [1.82, 2.24) is 25.1 Å². The van der Waals surface area contributed by atoms with Crippen LogP contribution in [0.1, 0.15) is 117 Å². The number of nitrogens with one attached hydrogen (secondary N) is 2. The Morgan fingerprint density at radius 2 is 1.71 bits per heavy atom. The Hall–Kier alpha value is -4.83. The molecule has 0 unspecified atom stereocenters. The van der Waals surface area contributed by atoms with E-state index in [9.17, 15) is 36.9 Å². The molecule has 3 aliphatic heterocycles. The third-order valence-electron chi connectivity index (χ3n) is 14.0. The molecule has 4 fully saturated rings. The van der Waals surface area contributed by atoms with E-state index in [1.807, 2.05) is 34.9 Å². The molecule has 8 atom stereocenters. The molecule has 4 aliphatic rings. The van der Waals surface area contributed by atoms with Gasteiger partial charge in [-0.05, 0) is 132 Å². The summed E-state index contributed by atoms with van der Waals surface area (Å²) in [5.41, 5.74) is 0.898. The Bertz CT molecular complexity index is 2490. The Morgan fingerprint density at radius 1 is 0.985 bits per heavy atom. The second kappa shape index (κ2) is 20.6. The van der Waals surface area contributed by atoms with Gasteiger partial charge in [-0.25, -0.2) is 9.48 Å². The average molecular weight is 982 g/mol. The fraction of sp³-hybridized carbons (Fsp3) is 0.520. The second-order valence-corrected chi connectivity index (χ2v) is 22.1. The van der Waals surface area contributed by atoms with Gasteiger partial charge in [0.05, 0.1) is 11.5 Å². The molecule has 68 heavy (non-hydrogen) atoms. The lowest BCUT2D eigenvalue weighted by atomic mass is 9.93. The van der Waals surface area contributed by atoms with Crippen molar-refractivity contribution in [2.45, 2.75) is 138 Å². The maximum absolute atomic E-state index is 16.7. The van der Waals surface area contributed by atoms with Crippen LogP contribution in [0.4, 0.5) is 17.6 Å². The molecule has 3 saturated heterocycles. The van der Waals surface area contributed by atoms with E-state index in [-0.39, 0.29) is 77.5 Å². The van der Waals surface area contributed by atoms with Gasteiger partial charge in [0.1, 0.15) is 23.9 Å². The predicted molar refractivity (Wildman–Crippen MR) is 252 cm³/mol. The van der Waals surface area contributed by atoms with Crippen LogP contribution < -0.4 is 14.9 Å². The summed E-state index contributed by atoms with van der Waals surface area (Å²) < 4.78 is 82.3. The van der Waals surface area contributed by atoms with E-state index in [1.54, 1.807) is 42.3 Å². The van der Waals surface area contributed by atoms with Crippen molar-refractivity contribution in [3.05, 3.63) is 101 Å². The highest BCUT2D eigenvalue weighted by molar-refractivity contribution is 7.57. The molecule has 4 heterocycles. The van der Waals surface area contributed by atoms with Gasteiger partial charge in [-0.1, -0.05) is 61.5 Å². The third-order valence-corrected chi connectivity index (χ3v) is 17.3. The van der Waals surface area contributed by atoms with Gasteiger partial charge in [0.25, 0.3) is 5.91 Å². The Balaban J connectivity index is 1.03. The number of ether oxygens (including phenoxy) is 1. The Kier molecular flexibility index (Phi) is 15.0. The average Bonchev–Trinajstić information content (AvgIpc) is 3.59. The first kappa shape index (κ1) is 49.6. The van der Waals surface area contributed by atoms with Crippen LogP contribution in [0.15, 0.2) is 84.9 Å². The number of esters is 1. The van der Waals surface area contributed by atoms with Crippen molar-refractivity contribution in [3.8, 4) is 5.75 Å². The highest BCUT2D eigenvalue weighted by atomic mass is 32.1. The summed E-state index contributed by atoms with van der Waals surface area (Å²) >= 11 is 1.12. The lowest BCUT2D eigenvalue weighted by Crippen LogP contribution is -2.59. The third kappa shape index (κ3) is 11.1. The molecule has 366 valence electrons. The maximum atomic E-state index is 16.7. The number of nitrogens with zero attached hydrogens (tertiary/aromatic N) is 3. The van der Waals surface area contributed by atoms with E-state index in [1.165, 1.54) is 36.8 Å². The van der Waals surface area contributed by atoms with Crippen molar-refractivity contribution in [2.24, 2.45) is 0 Å². The van der Waals surface area contributed by atoms with Gasteiger partial charge in [0, 0.05) is 41.2 Å². The largest absolute Gasteiger partial charge is 0.465 e. The molecule has 4 aromatic rings. The van der Waals surface area contributed by atoms with Crippen molar-refractivity contribution < 1.29 is 50.6 Å². The zero-order valence-corrected chi connectivity index (χ0v) is 40.3. The number of carbonyl (C=O) groups excluding carboxylic acids is 4. The standard InChI is InChI=1S/C50H60F4N5O7PS/c1-4-26-65-48(63)32(2)56-67(64,66-39-14-9-6-10-15-39)44(51)34-16-21-42-35(27-34)28-43(68-42)45(60)55-40-19-17-37(57(3)25-11-22-50(52,53)54)29-38-18-20-41(59(38)46(40)61)47(62)58-31-36(30-49(58)23-24-49)33-12-7-5-8-13-33/h5-10,12-16,21,27-28,32,36-38,40-41,44H,4,11,17-20,22-26,29-31H2,1-3H3,(H,55,60)(H,56,64)/t32-,36+,37-,38+,40-,41-,44+,67-/m0/s1. The smallest absolute Gasteiger partial charge is 0.389 e. The molecule has 8 rings (SSSR count). The van der Waals surface area contributed by atoms with Gasteiger partial charge in [-0.2, -0.15) is 13.2 Å². The zero-order chi connectivity index (χ0) is 48.4. The van der Waals surface area contributed by atoms with Crippen LogP contribution in [0, 0.1) is 0 Å². The minimum absolute atomic E-state index is 0.0272. The summed E-state index contributed by atoms with van der Waals surface area (Å²) in [6, 6.07) is 20.7. The van der Waals surface area contributed by atoms with Crippen LogP contribution in [0.2, 0.25) is 0 Å². The van der Waals surface area contributed by atoms with Gasteiger partial charge in [-0.15, -0.1) is 11.3 Å². The fourth-order valence-electron chi connectivity index (χ4n) is 10.3. The van der Waals surface area contributed by atoms with Gasteiger partial charge >= 0.3 is 19.7 Å². The molecular weight excluding hydrogens is 922 g/mol. The predicted octanol–water partition coefficient (Wildman–Crippen LogP) is 9.91.